The smallest absolute Gasteiger partial charge is 0.171 e. The third-order valence-corrected chi connectivity index (χ3v) is 5.79. The first-order valence-corrected chi connectivity index (χ1v) is 17.8. The monoisotopic (exact) mass is 692 g/mol. The molecule has 2 radical (unpaired) electrons. The van der Waals surface area contributed by atoms with Gasteiger partial charge in [0, 0.05) is 0 Å². The molecule has 0 spiro atoms. The molecule has 7 aromatic carbocycles. The second kappa shape index (κ2) is 22.4. The minimum Gasteiger partial charge on any atom is -0.184 e. The summed E-state index contributed by atoms with van der Waals surface area (Å²) in [6.07, 6.45) is 0. The van der Waals surface area contributed by atoms with Crippen LogP contribution in [0.5, 0.6) is 11.5 Å². The number of hydrogen-bond donors (Lipinski definition) is 2. The second-order valence-corrected chi connectivity index (χ2v) is 9.35. The van der Waals surface area contributed by atoms with Crippen LogP contribution in [0.4, 0.5) is 8.78 Å². The van der Waals surface area contributed by atoms with Crippen molar-refractivity contribution in [1.82, 2.24) is 0 Å². The van der Waals surface area contributed by atoms with Gasteiger partial charge in [-0.3, -0.25) is 0 Å². The van der Waals surface area contributed by atoms with Crippen molar-refractivity contribution in [2.45, 2.75) is 13.8 Å². The Morgan fingerprint density at radius 1 is 0.556 bits per heavy atom. The van der Waals surface area contributed by atoms with E-state index in [1.54, 1.807) is 0 Å². The minimum absolute atomic E-state index is 0. The maximum absolute atomic E-state index is 12.0. The van der Waals surface area contributed by atoms with Crippen molar-refractivity contribution in [2.75, 3.05) is 0 Å². The summed E-state index contributed by atoms with van der Waals surface area (Å²) < 4.78 is 24.0. The molecule has 230 valence electrons. The van der Waals surface area contributed by atoms with E-state index in [4.69, 9.17) is 10.2 Å². The number of phenolic OH excluding ortho intramolecular Hbond substituents is 2. The van der Waals surface area contributed by atoms with Gasteiger partial charge in [0.2, 0.25) is 0 Å². The molecule has 0 bridgehead atoms. The van der Waals surface area contributed by atoms with E-state index in [1.165, 1.54) is 105 Å². The van der Waals surface area contributed by atoms with Crippen LogP contribution in [0.3, 0.4) is 0 Å². The molecule has 0 atom stereocenters. The quantitative estimate of drug-likeness (QED) is 0.123. The maximum atomic E-state index is 12.0. The predicted octanol–water partition coefficient (Wildman–Crippen LogP) is 10.4. The van der Waals surface area contributed by atoms with Gasteiger partial charge in [0.1, 0.15) is 23.1 Å². The van der Waals surface area contributed by atoms with Gasteiger partial charge in [-0.1, -0.05) is 26.0 Å². The SMILES string of the molecule is Cc1cc2ccccc2[cH-]1.Cc1cc2ccccc2[cH-]1.Oc1ccc(F)cc1.Oc1ccc(F)cc1.[CH3-].[Si]=[Zr].[c-]1ccccc1. The first-order valence-electron chi connectivity index (χ1n) is 13.6. The number of benzene rings is 5. The van der Waals surface area contributed by atoms with Gasteiger partial charge in [0.15, 0.2) is 0 Å². The van der Waals surface area contributed by atoms with Crippen LogP contribution in [0.1, 0.15) is 11.1 Å². The molecule has 45 heavy (non-hydrogen) atoms. The maximum Gasteiger partial charge on any atom is -0.171 e. The van der Waals surface area contributed by atoms with Crippen LogP contribution in [0.15, 0.2) is 152 Å². The van der Waals surface area contributed by atoms with Gasteiger partial charge in [-0.2, -0.15) is 48.5 Å². The summed E-state index contributed by atoms with van der Waals surface area (Å²) in [4.78, 5) is 0. The van der Waals surface area contributed by atoms with Crippen molar-refractivity contribution in [3.63, 3.8) is 0 Å². The van der Waals surface area contributed by atoms with Crippen molar-refractivity contribution in [3.05, 3.63) is 188 Å². The number of hydrogen-bond acceptors (Lipinski definition) is 2. The van der Waals surface area contributed by atoms with Gasteiger partial charge in [-0.15, -0.1) is 81.2 Å². The molecule has 0 saturated heterocycles. The molecule has 0 aromatic heterocycles. The zero-order valence-corrected chi connectivity index (χ0v) is 29.0. The number of halogens is 2. The summed E-state index contributed by atoms with van der Waals surface area (Å²) in [6, 6.07) is 48.2. The summed E-state index contributed by atoms with van der Waals surface area (Å²) in [7, 11) is 0. The Balaban J connectivity index is 0.000000279. The van der Waals surface area contributed by atoms with Crippen LogP contribution >= 0.6 is 0 Å². The number of phenols is 2. The Bertz CT molecular complexity index is 1500. The van der Waals surface area contributed by atoms with Gasteiger partial charge in [0.05, 0.1) is 0 Å². The van der Waals surface area contributed by atoms with E-state index in [1.807, 2.05) is 30.3 Å². The van der Waals surface area contributed by atoms with E-state index in [-0.39, 0.29) is 30.6 Å². The first-order chi connectivity index (χ1) is 21.3. The largest absolute Gasteiger partial charge is 0.184 e. The molecule has 0 heterocycles. The molecule has 0 saturated carbocycles. The van der Waals surface area contributed by atoms with Crippen LogP contribution in [-0.2, 0) is 23.3 Å². The molecule has 0 unspecified atom stereocenters. The van der Waals surface area contributed by atoms with Gasteiger partial charge < -0.3 is 17.6 Å². The second-order valence-electron chi connectivity index (χ2n) is 9.35. The Hall–Kier alpha value is -4.12. The molecule has 6 heteroatoms. The third-order valence-electron chi connectivity index (χ3n) is 5.79. The number of rotatable bonds is 0. The van der Waals surface area contributed by atoms with Gasteiger partial charge in [0.25, 0.3) is 0 Å². The van der Waals surface area contributed by atoms with Crippen LogP contribution < -0.4 is 0 Å². The Morgan fingerprint density at radius 3 is 1.18 bits per heavy atom. The predicted molar refractivity (Wildman–Crippen MR) is 182 cm³/mol. The number of aromatic hydroxyl groups is 2. The molecule has 2 N–H and O–H groups in total. The van der Waals surface area contributed by atoms with Crippen molar-refractivity contribution < 1.29 is 42.3 Å². The molecule has 0 aliphatic heterocycles. The van der Waals surface area contributed by atoms with E-state index in [0.29, 0.717) is 0 Å². The van der Waals surface area contributed by atoms with Crippen molar-refractivity contribution in [3.8, 4) is 11.5 Å². The summed E-state index contributed by atoms with van der Waals surface area (Å²) in [6.45, 7) is 7.31. The van der Waals surface area contributed by atoms with Crippen LogP contribution in [0, 0.1) is 39.0 Å². The topological polar surface area (TPSA) is 40.5 Å². The Labute approximate surface area is 282 Å². The van der Waals surface area contributed by atoms with E-state index in [9.17, 15) is 8.78 Å². The summed E-state index contributed by atoms with van der Waals surface area (Å²) >= 11 is 1.36. The molecule has 0 fully saturated rings. The van der Waals surface area contributed by atoms with Crippen molar-refractivity contribution in [1.29, 1.82) is 0 Å². The average Bonchev–Trinajstić information content (AvgIpc) is 3.63. The molecular weight excluding hydrogens is 658 g/mol. The summed E-state index contributed by atoms with van der Waals surface area (Å²) in [5, 5.41) is 22.6. The number of fused-ring (bicyclic) bond motifs is 2. The molecule has 2 nitrogen and oxygen atoms in total. The fourth-order valence-electron chi connectivity index (χ4n) is 3.84. The van der Waals surface area contributed by atoms with Gasteiger partial charge in [-0.25, -0.2) is 8.78 Å². The van der Waals surface area contributed by atoms with Crippen LogP contribution in [0.25, 0.3) is 21.5 Å². The molecule has 7 aromatic rings. The molecule has 0 amide bonds. The Kier molecular flexibility index (Phi) is 19.4. The minimum atomic E-state index is -0.331. The first kappa shape index (κ1) is 38.9. The molecule has 0 aliphatic rings. The Morgan fingerprint density at radius 2 is 0.911 bits per heavy atom. The fourth-order valence-corrected chi connectivity index (χ4v) is 3.84. The fraction of sp³-hybridized carbons (Fsp3) is 0.0513. The van der Waals surface area contributed by atoms with Crippen LogP contribution in [0.2, 0.25) is 0 Å². The van der Waals surface area contributed by atoms with Crippen molar-refractivity contribution in [2.24, 2.45) is 0 Å². The van der Waals surface area contributed by atoms with Crippen molar-refractivity contribution >= 4 is 28.4 Å². The van der Waals surface area contributed by atoms with E-state index in [2.05, 4.69) is 99.6 Å². The van der Waals surface area contributed by atoms with Gasteiger partial charge in [-0.05, 0) is 48.5 Å². The summed E-state index contributed by atoms with van der Waals surface area (Å²) in [5.74, 6) is -0.483. The zero-order valence-electron chi connectivity index (χ0n) is 25.6. The summed E-state index contributed by atoms with van der Waals surface area (Å²) in [5.41, 5.74) is 2.70. The average molecular weight is 694 g/mol. The molecule has 0 aliphatic carbocycles. The van der Waals surface area contributed by atoms with Gasteiger partial charge >= 0.3 is 30.2 Å². The molecular formula is C39H36F2O2SiZr-4. The zero-order chi connectivity index (χ0) is 32.2. The van der Waals surface area contributed by atoms with E-state index in [0.717, 1.165) is 0 Å². The van der Waals surface area contributed by atoms with E-state index < -0.39 is 0 Å². The van der Waals surface area contributed by atoms with Crippen LogP contribution in [-0.4, -0.2) is 17.1 Å². The number of aryl methyl sites for hydroxylation is 2. The third kappa shape index (κ3) is 16.0. The molecule has 7 rings (SSSR count). The normalized spacial score (nSPS) is 9.04. The van der Waals surface area contributed by atoms with E-state index >= 15 is 0 Å². The standard InChI is InChI=1S/2C10H9.2C6H5FO.C6H5.CH3.Si.Zr/c2*1-8-6-9-4-2-3-5-10(9)7-8;2*7-5-1-3-6(8)4-2-5;1-2-4-6-5-3-1;;;/h2*2-7H,1H3;2*1-4,8H;1-5H;1H3;;/q2*-1;;;2*-1;;.